The standard InChI is InChI=1S/C22H17BrN2/c23-20-13-11-18(12-14-20)21-16-25(15-17-7-3-1-4-8-17)22(24-21)19-9-5-2-6-10-19/h1-14,16H,15H2. The second-order valence-corrected chi connectivity index (χ2v) is 6.85. The summed E-state index contributed by atoms with van der Waals surface area (Å²) in [5.74, 6) is 0.988. The van der Waals surface area contributed by atoms with E-state index in [9.17, 15) is 0 Å². The summed E-state index contributed by atoms with van der Waals surface area (Å²) in [5.41, 5.74) is 4.50. The van der Waals surface area contributed by atoms with Gasteiger partial charge >= 0.3 is 0 Å². The molecule has 0 aliphatic rings. The van der Waals surface area contributed by atoms with Crippen LogP contribution in [0.4, 0.5) is 0 Å². The van der Waals surface area contributed by atoms with E-state index >= 15 is 0 Å². The quantitative estimate of drug-likeness (QED) is 0.417. The summed E-state index contributed by atoms with van der Waals surface area (Å²) in [6, 6.07) is 29.1. The molecule has 4 rings (SSSR count). The zero-order valence-corrected chi connectivity index (χ0v) is 15.2. The van der Waals surface area contributed by atoms with Gasteiger partial charge in [0.1, 0.15) is 5.82 Å². The monoisotopic (exact) mass is 388 g/mol. The fourth-order valence-corrected chi connectivity index (χ4v) is 3.16. The summed E-state index contributed by atoms with van der Waals surface area (Å²) >= 11 is 3.49. The van der Waals surface area contributed by atoms with E-state index in [0.29, 0.717) is 0 Å². The molecule has 0 atom stereocenters. The van der Waals surface area contributed by atoms with Gasteiger partial charge in [-0.1, -0.05) is 88.7 Å². The summed E-state index contributed by atoms with van der Waals surface area (Å²) in [6.45, 7) is 0.800. The smallest absolute Gasteiger partial charge is 0.140 e. The number of nitrogens with zero attached hydrogens (tertiary/aromatic N) is 2. The average Bonchev–Trinajstić information content (AvgIpc) is 3.08. The van der Waals surface area contributed by atoms with Crippen LogP contribution >= 0.6 is 15.9 Å². The maximum Gasteiger partial charge on any atom is 0.140 e. The van der Waals surface area contributed by atoms with Gasteiger partial charge in [-0.15, -0.1) is 0 Å². The highest BCUT2D eigenvalue weighted by molar-refractivity contribution is 9.10. The Labute approximate surface area is 155 Å². The summed E-state index contributed by atoms with van der Waals surface area (Å²) < 4.78 is 3.30. The molecular weight excluding hydrogens is 372 g/mol. The van der Waals surface area contributed by atoms with Gasteiger partial charge in [-0.2, -0.15) is 0 Å². The molecule has 25 heavy (non-hydrogen) atoms. The number of halogens is 1. The molecule has 0 N–H and O–H groups in total. The number of aromatic nitrogens is 2. The third-order valence-electron chi connectivity index (χ3n) is 4.14. The third-order valence-corrected chi connectivity index (χ3v) is 4.67. The Bertz CT molecular complexity index is 958. The van der Waals surface area contributed by atoms with Crippen molar-refractivity contribution < 1.29 is 0 Å². The van der Waals surface area contributed by atoms with Gasteiger partial charge in [-0.25, -0.2) is 4.98 Å². The van der Waals surface area contributed by atoms with Crippen molar-refractivity contribution >= 4 is 15.9 Å². The van der Waals surface area contributed by atoms with E-state index in [1.54, 1.807) is 0 Å². The Morgan fingerprint density at radius 1 is 0.720 bits per heavy atom. The molecule has 1 heterocycles. The van der Waals surface area contributed by atoms with Crippen molar-refractivity contribution in [2.45, 2.75) is 6.54 Å². The van der Waals surface area contributed by atoms with Gasteiger partial charge in [-0.05, 0) is 17.7 Å². The molecule has 0 amide bonds. The van der Waals surface area contributed by atoms with Gasteiger partial charge in [0.05, 0.1) is 5.69 Å². The number of imidazole rings is 1. The van der Waals surface area contributed by atoms with Gasteiger partial charge in [-0.3, -0.25) is 0 Å². The lowest BCUT2D eigenvalue weighted by Gasteiger charge is -2.07. The molecule has 1 aromatic heterocycles. The van der Waals surface area contributed by atoms with Crippen molar-refractivity contribution in [1.82, 2.24) is 9.55 Å². The molecule has 0 saturated carbocycles. The van der Waals surface area contributed by atoms with Gasteiger partial charge in [0.15, 0.2) is 0 Å². The van der Waals surface area contributed by atoms with E-state index in [2.05, 4.69) is 87.4 Å². The maximum atomic E-state index is 4.92. The first-order valence-corrected chi connectivity index (χ1v) is 9.01. The zero-order chi connectivity index (χ0) is 17.1. The zero-order valence-electron chi connectivity index (χ0n) is 13.6. The summed E-state index contributed by atoms with van der Waals surface area (Å²) in [7, 11) is 0. The minimum atomic E-state index is 0.800. The van der Waals surface area contributed by atoms with Crippen molar-refractivity contribution in [3.05, 3.63) is 101 Å². The molecular formula is C22H17BrN2. The maximum absolute atomic E-state index is 4.92. The van der Waals surface area contributed by atoms with Crippen LogP contribution in [0.5, 0.6) is 0 Å². The van der Waals surface area contributed by atoms with E-state index < -0.39 is 0 Å². The Balaban J connectivity index is 1.79. The Morgan fingerprint density at radius 2 is 1.36 bits per heavy atom. The minimum Gasteiger partial charge on any atom is -0.326 e. The second kappa shape index (κ2) is 7.08. The molecule has 3 heteroatoms. The molecule has 122 valence electrons. The lowest BCUT2D eigenvalue weighted by Crippen LogP contribution is -2.00. The molecule has 0 radical (unpaired) electrons. The first kappa shape index (κ1) is 15.9. The lowest BCUT2D eigenvalue weighted by atomic mass is 10.2. The Kier molecular flexibility index (Phi) is 4.49. The van der Waals surface area contributed by atoms with Gasteiger partial charge in [0.25, 0.3) is 0 Å². The van der Waals surface area contributed by atoms with E-state index in [1.165, 1.54) is 5.56 Å². The van der Waals surface area contributed by atoms with Gasteiger partial charge in [0.2, 0.25) is 0 Å². The topological polar surface area (TPSA) is 17.8 Å². The highest BCUT2D eigenvalue weighted by atomic mass is 79.9. The van der Waals surface area contributed by atoms with Crippen LogP contribution in [0.25, 0.3) is 22.6 Å². The van der Waals surface area contributed by atoms with Crippen molar-refractivity contribution in [3.63, 3.8) is 0 Å². The molecule has 0 bridgehead atoms. The van der Waals surface area contributed by atoms with Crippen LogP contribution in [0.1, 0.15) is 5.56 Å². The van der Waals surface area contributed by atoms with Crippen molar-refractivity contribution in [2.24, 2.45) is 0 Å². The minimum absolute atomic E-state index is 0.800. The SMILES string of the molecule is Brc1ccc(-c2cn(Cc3ccccc3)c(-c3ccccc3)n2)cc1. The van der Waals surface area contributed by atoms with Crippen molar-refractivity contribution in [2.75, 3.05) is 0 Å². The largest absolute Gasteiger partial charge is 0.326 e. The molecule has 0 spiro atoms. The van der Waals surface area contributed by atoms with Crippen molar-refractivity contribution in [3.8, 4) is 22.6 Å². The van der Waals surface area contributed by atoms with Crippen molar-refractivity contribution in [1.29, 1.82) is 0 Å². The second-order valence-electron chi connectivity index (χ2n) is 5.94. The first-order valence-electron chi connectivity index (χ1n) is 8.22. The molecule has 2 nitrogen and oxygen atoms in total. The molecule has 0 unspecified atom stereocenters. The van der Waals surface area contributed by atoms with E-state index in [1.807, 2.05) is 24.3 Å². The molecule has 3 aromatic carbocycles. The van der Waals surface area contributed by atoms with Gasteiger partial charge < -0.3 is 4.57 Å². The normalized spacial score (nSPS) is 10.8. The Morgan fingerprint density at radius 3 is 2.04 bits per heavy atom. The Hall–Kier alpha value is -2.65. The molecule has 0 aliphatic carbocycles. The fraction of sp³-hybridized carbons (Fsp3) is 0.0455. The van der Waals surface area contributed by atoms with Crippen LogP contribution in [0.3, 0.4) is 0 Å². The molecule has 4 aromatic rings. The first-order chi connectivity index (χ1) is 12.3. The predicted molar refractivity (Wildman–Crippen MR) is 106 cm³/mol. The average molecular weight is 389 g/mol. The van der Waals surface area contributed by atoms with E-state index in [4.69, 9.17) is 4.98 Å². The van der Waals surface area contributed by atoms with Crippen LogP contribution in [-0.2, 0) is 6.54 Å². The van der Waals surface area contributed by atoms with Crippen LogP contribution in [0, 0.1) is 0 Å². The summed E-state index contributed by atoms with van der Waals surface area (Å²) in [5, 5.41) is 0. The lowest BCUT2D eigenvalue weighted by molar-refractivity contribution is 0.807. The summed E-state index contributed by atoms with van der Waals surface area (Å²) in [6.07, 6.45) is 2.14. The number of benzene rings is 3. The van der Waals surface area contributed by atoms with Crippen LogP contribution in [0.2, 0.25) is 0 Å². The van der Waals surface area contributed by atoms with E-state index in [0.717, 1.165) is 33.7 Å². The highest BCUT2D eigenvalue weighted by Gasteiger charge is 2.12. The molecule has 0 saturated heterocycles. The molecule has 0 aliphatic heterocycles. The van der Waals surface area contributed by atoms with Gasteiger partial charge in [0, 0.05) is 28.3 Å². The number of hydrogen-bond acceptors (Lipinski definition) is 1. The number of hydrogen-bond donors (Lipinski definition) is 0. The van der Waals surface area contributed by atoms with Crippen LogP contribution < -0.4 is 0 Å². The predicted octanol–water partition coefficient (Wildman–Crippen LogP) is 6.03. The fourth-order valence-electron chi connectivity index (χ4n) is 2.89. The highest BCUT2D eigenvalue weighted by Crippen LogP contribution is 2.26. The van der Waals surface area contributed by atoms with Crippen LogP contribution in [-0.4, -0.2) is 9.55 Å². The van der Waals surface area contributed by atoms with E-state index in [-0.39, 0.29) is 0 Å². The molecule has 0 fully saturated rings. The summed E-state index contributed by atoms with van der Waals surface area (Å²) in [4.78, 5) is 4.92. The number of rotatable bonds is 4. The van der Waals surface area contributed by atoms with Crippen LogP contribution in [0.15, 0.2) is 95.6 Å². The third kappa shape index (κ3) is 3.57.